The van der Waals surface area contributed by atoms with Crippen molar-refractivity contribution >= 4 is 23.2 Å². The zero-order chi connectivity index (χ0) is 16.4. The van der Waals surface area contributed by atoms with Crippen LogP contribution in [0.15, 0.2) is 35.0 Å². The van der Waals surface area contributed by atoms with Crippen LogP contribution in [0.2, 0.25) is 0 Å². The van der Waals surface area contributed by atoms with Crippen LogP contribution in [0.1, 0.15) is 20.7 Å². The number of thiophene rings is 1. The predicted molar refractivity (Wildman–Crippen MR) is 82.5 cm³/mol. The third kappa shape index (κ3) is 3.24. The number of carbonyl (C=O) groups excluding carboxylic acids is 2. The van der Waals surface area contributed by atoms with Crippen molar-refractivity contribution in [2.45, 2.75) is 0 Å². The molecule has 0 aliphatic carbocycles. The lowest BCUT2D eigenvalue weighted by Crippen LogP contribution is -2.50. The van der Waals surface area contributed by atoms with Gasteiger partial charge < -0.3 is 9.80 Å². The van der Waals surface area contributed by atoms with E-state index in [-0.39, 0.29) is 17.4 Å². The molecule has 1 fully saturated rings. The molecular formula is C16H14F2N2O2S. The summed E-state index contributed by atoms with van der Waals surface area (Å²) in [4.78, 5) is 27.8. The summed E-state index contributed by atoms with van der Waals surface area (Å²) in [7, 11) is 0. The predicted octanol–water partition coefficient (Wildman–Crippen LogP) is 2.62. The first-order chi connectivity index (χ1) is 11.1. The van der Waals surface area contributed by atoms with Gasteiger partial charge in [0.05, 0.1) is 5.56 Å². The van der Waals surface area contributed by atoms with Crippen LogP contribution in [-0.2, 0) is 0 Å². The number of benzene rings is 1. The van der Waals surface area contributed by atoms with Crippen molar-refractivity contribution in [1.82, 2.24) is 9.80 Å². The average Bonchev–Trinajstić information content (AvgIpc) is 3.11. The van der Waals surface area contributed by atoms with Crippen molar-refractivity contribution in [2.75, 3.05) is 26.2 Å². The smallest absolute Gasteiger partial charge is 0.254 e. The molecule has 23 heavy (non-hydrogen) atoms. The molecule has 0 bridgehead atoms. The fraction of sp³-hybridized carbons (Fsp3) is 0.250. The van der Waals surface area contributed by atoms with Gasteiger partial charge in [-0.05, 0) is 29.6 Å². The van der Waals surface area contributed by atoms with Crippen LogP contribution in [-0.4, -0.2) is 47.8 Å². The Kier molecular flexibility index (Phi) is 4.38. The molecular weight excluding hydrogens is 322 g/mol. The summed E-state index contributed by atoms with van der Waals surface area (Å²) < 4.78 is 26.2. The lowest BCUT2D eigenvalue weighted by molar-refractivity contribution is 0.0535. The number of nitrogens with zero attached hydrogens (tertiary/aromatic N) is 2. The van der Waals surface area contributed by atoms with Crippen molar-refractivity contribution in [3.05, 3.63) is 57.8 Å². The molecule has 1 aliphatic heterocycles. The first-order valence-corrected chi connectivity index (χ1v) is 8.06. The quantitative estimate of drug-likeness (QED) is 0.846. The van der Waals surface area contributed by atoms with Crippen LogP contribution in [0.3, 0.4) is 0 Å². The Hall–Kier alpha value is -2.28. The largest absolute Gasteiger partial charge is 0.335 e. The molecule has 1 aromatic carbocycles. The highest BCUT2D eigenvalue weighted by molar-refractivity contribution is 7.08. The maximum Gasteiger partial charge on any atom is 0.254 e. The molecule has 0 spiro atoms. The van der Waals surface area contributed by atoms with Crippen LogP contribution in [0.5, 0.6) is 0 Å². The molecule has 0 radical (unpaired) electrons. The number of carbonyl (C=O) groups is 2. The van der Waals surface area contributed by atoms with E-state index in [1.54, 1.807) is 21.2 Å². The molecule has 7 heteroatoms. The highest BCUT2D eigenvalue weighted by Crippen LogP contribution is 2.15. The molecule has 0 N–H and O–H groups in total. The van der Waals surface area contributed by atoms with E-state index in [4.69, 9.17) is 0 Å². The van der Waals surface area contributed by atoms with Gasteiger partial charge in [-0.2, -0.15) is 11.3 Å². The van der Waals surface area contributed by atoms with Crippen molar-refractivity contribution in [3.8, 4) is 0 Å². The Morgan fingerprint density at radius 2 is 1.48 bits per heavy atom. The van der Waals surface area contributed by atoms with Crippen LogP contribution < -0.4 is 0 Å². The van der Waals surface area contributed by atoms with Crippen LogP contribution >= 0.6 is 11.3 Å². The standard InChI is InChI=1S/C16H14F2N2O2S/c17-13-2-1-11(9-14(13)18)15(21)19-4-6-20(7-5-19)16(22)12-3-8-23-10-12/h1-3,8-10H,4-7H2. The second-order valence-electron chi connectivity index (χ2n) is 5.23. The van der Waals surface area contributed by atoms with Gasteiger partial charge >= 0.3 is 0 Å². The van der Waals surface area contributed by atoms with E-state index in [1.807, 2.05) is 5.38 Å². The van der Waals surface area contributed by atoms with Gasteiger partial charge in [-0.3, -0.25) is 9.59 Å². The molecule has 1 saturated heterocycles. The molecule has 2 amide bonds. The fourth-order valence-electron chi connectivity index (χ4n) is 2.49. The lowest BCUT2D eigenvalue weighted by atomic mass is 10.1. The van der Waals surface area contributed by atoms with Crippen LogP contribution in [0, 0.1) is 11.6 Å². The molecule has 2 aromatic rings. The van der Waals surface area contributed by atoms with Crippen LogP contribution in [0.25, 0.3) is 0 Å². The number of halogens is 2. The number of hydrogen-bond donors (Lipinski definition) is 0. The zero-order valence-electron chi connectivity index (χ0n) is 12.2. The molecule has 0 saturated carbocycles. The Labute approximate surface area is 135 Å². The minimum Gasteiger partial charge on any atom is -0.335 e. The lowest BCUT2D eigenvalue weighted by Gasteiger charge is -2.34. The summed E-state index contributed by atoms with van der Waals surface area (Å²) in [5.74, 6) is -2.42. The van der Waals surface area contributed by atoms with Gasteiger partial charge in [-0.15, -0.1) is 0 Å². The zero-order valence-corrected chi connectivity index (χ0v) is 13.0. The Bertz CT molecular complexity index is 726. The monoisotopic (exact) mass is 336 g/mol. The normalized spacial score (nSPS) is 14.9. The van der Waals surface area contributed by atoms with Crippen molar-refractivity contribution in [3.63, 3.8) is 0 Å². The van der Waals surface area contributed by atoms with E-state index in [0.29, 0.717) is 31.7 Å². The highest BCUT2D eigenvalue weighted by atomic mass is 32.1. The minimum absolute atomic E-state index is 0.0498. The Morgan fingerprint density at radius 1 is 0.870 bits per heavy atom. The van der Waals surface area contributed by atoms with E-state index >= 15 is 0 Å². The van der Waals surface area contributed by atoms with Crippen molar-refractivity contribution in [2.24, 2.45) is 0 Å². The van der Waals surface area contributed by atoms with Gasteiger partial charge in [-0.25, -0.2) is 8.78 Å². The Morgan fingerprint density at radius 3 is 2.00 bits per heavy atom. The molecule has 120 valence electrons. The summed E-state index contributed by atoms with van der Waals surface area (Å²) in [5, 5.41) is 3.64. The molecule has 1 aliphatic rings. The molecule has 3 rings (SSSR count). The van der Waals surface area contributed by atoms with Crippen molar-refractivity contribution < 1.29 is 18.4 Å². The topological polar surface area (TPSA) is 40.6 Å². The number of hydrogen-bond acceptors (Lipinski definition) is 3. The third-order valence-electron chi connectivity index (χ3n) is 3.79. The van der Waals surface area contributed by atoms with Crippen LogP contribution in [0.4, 0.5) is 8.78 Å². The fourth-order valence-corrected chi connectivity index (χ4v) is 3.12. The highest BCUT2D eigenvalue weighted by Gasteiger charge is 2.26. The minimum atomic E-state index is -1.04. The summed E-state index contributed by atoms with van der Waals surface area (Å²) >= 11 is 1.46. The van der Waals surface area contributed by atoms with Gasteiger partial charge in [0.15, 0.2) is 11.6 Å². The molecule has 4 nitrogen and oxygen atoms in total. The first-order valence-electron chi connectivity index (χ1n) is 7.12. The first kappa shape index (κ1) is 15.6. The maximum atomic E-state index is 13.2. The van der Waals surface area contributed by atoms with E-state index in [9.17, 15) is 18.4 Å². The number of amides is 2. The number of rotatable bonds is 2. The number of piperazine rings is 1. The second kappa shape index (κ2) is 6.45. The summed E-state index contributed by atoms with van der Waals surface area (Å²) in [6.45, 7) is 1.58. The summed E-state index contributed by atoms with van der Waals surface area (Å²) in [6, 6.07) is 4.88. The molecule has 0 unspecified atom stereocenters. The SMILES string of the molecule is O=C(c1ccsc1)N1CCN(C(=O)c2ccc(F)c(F)c2)CC1. The average molecular weight is 336 g/mol. The van der Waals surface area contributed by atoms with Gasteiger partial charge in [0.1, 0.15) is 0 Å². The van der Waals surface area contributed by atoms with Crippen molar-refractivity contribution in [1.29, 1.82) is 0 Å². The van der Waals surface area contributed by atoms with E-state index < -0.39 is 11.6 Å². The van der Waals surface area contributed by atoms with E-state index in [1.165, 1.54) is 17.4 Å². The van der Waals surface area contributed by atoms with Gasteiger partial charge in [0, 0.05) is 37.1 Å². The maximum absolute atomic E-state index is 13.2. The van der Waals surface area contributed by atoms with E-state index in [2.05, 4.69) is 0 Å². The van der Waals surface area contributed by atoms with Gasteiger partial charge in [0.2, 0.25) is 0 Å². The molecule has 0 atom stereocenters. The van der Waals surface area contributed by atoms with Gasteiger partial charge in [-0.1, -0.05) is 0 Å². The molecule has 1 aromatic heterocycles. The summed E-state index contributed by atoms with van der Waals surface area (Å²) in [5.41, 5.74) is 0.761. The van der Waals surface area contributed by atoms with E-state index in [0.717, 1.165) is 12.1 Å². The van der Waals surface area contributed by atoms with Gasteiger partial charge in [0.25, 0.3) is 11.8 Å². The third-order valence-corrected chi connectivity index (χ3v) is 4.47. The second-order valence-corrected chi connectivity index (χ2v) is 6.01. The summed E-state index contributed by atoms with van der Waals surface area (Å²) in [6.07, 6.45) is 0. The molecule has 2 heterocycles. The Balaban J connectivity index is 1.63.